The first-order chi connectivity index (χ1) is 7.86. The normalized spacial score (nSPS) is 17.8. The fraction of sp³-hybridized carbons (Fsp3) is 0.769. The van der Waals surface area contributed by atoms with Crippen LogP contribution in [0.4, 0.5) is 0 Å². The molecule has 0 aromatic carbocycles. The Morgan fingerprint density at radius 3 is 2.88 bits per heavy atom. The molecule has 1 saturated carbocycles. The maximum atomic E-state index is 4.16. The van der Waals surface area contributed by atoms with Crippen LogP contribution >= 0.6 is 0 Å². The van der Waals surface area contributed by atoms with Crippen LogP contribution < -0.4 is 5.32 Å². The lowest BCUT2D eigenvalue weighted by molar-refractivity contribution is 0.333. The molecule has 1 heterocycles. The highest BCUT2D eigenvalue weighted by molar-refractivity contribution is 4.98. The SMILES string of the molecule is Cn1nccc1CNCCC1CCCCC1. The molecule has 0 spiro atoms. The molecular weight excluding hydrogens is 198 g/mol. The van der Waals surface area contributed by atoms with Crippen molar-refractivity contribution in [3.8, 4) is 0 Å². The van der Waals surface area contributed by atoms with Crippen LogP contribution in [0.2, 0.25) is 0 Å². The Labute approximate surface area is 98.2 Å². The van der Waals surface area contributed by atoms with Crippen molar-refractivity contribution in [1.82, 2.24) is 15.1 Å². The van der Waals surface area contributed by atoms with Gasteiger partial charge in [-0.25, -0.2) is 0 Å². The number of nitrogens with one attached hydrogen (secondary N) is 1. The number of rotatable bonds is 5. The number of aryl methyl sites for hydroxylation is 1. The molecule has 1 aliphatic carbocycles. The van der Waals surface area contributed by atoms with Gasteiger partial charge in [0.05, 0.1) is 5.69 Å². The molecule has 1 aliphatic rings. The van der Waals surface area contributed by atoms with Gasteiger partial charge in [-0.2, -0.15) is 5.10 Å². The largest absolute Gasteiger partial charge is 0.311 e. The molecule has 0 unspecified atom stereocenters. The Balaban J connectivity index is 1.59. The molecule has 1 N–H and O–H groups in total. The van der Waals surface area contributed by atoms with E-state index in [0.29, 0.717) is 0 Å². The van der Waals surface area contributed by atoms with Crippen molar-refractivity contribution in [2.24, 2.45) is 13.0 Å². The summed E-state index contributed by atoms with van der Waals surface area (Å²) in [6, 6.07) is 2.08. The van der Waals surface area contributed by atoms with Gasteiger partial charge in [0.2, 0.25) is 0 Å². The van der Waals surface area contributed by atoms with E-state index < -0.39 is 0 Å². The molecule has 1 aromatic heterocycles. The van der Waals surface area contributed by atoms with Crippen LogP contribution in [-0.2, 0) is 13.6 Å². The third kappa shape index (κ3) is 3.34. The van der Waals surface area contributed by atoms with E-state index >= 15 is 0 Å². The number of hydrogen-bond acceptors (Lipinski definition) is 2. The maximum Gasteiger partial charge on any atom is 0.0518 e. The van der Waals surface area contributed by atoms with E-state index in [9.17, 15) is 0 Å². The first-order valence-electron chi connectivity index (χ1n) is 6.54. The summed E-state index contributed by atoms with van der Waals surface area (Å²) in [6.07, 6.45) is 10.5. The van der Waals surface area contributed by atoms with Crippen molar-refractivity contribution >= 4 is 0 Å². The van der Waals surface area contributed by atoms with Crippen molar-refractivity contribution in [1.29, 1.82) is 0 Å². The lowest BCUT2D eigenvalue weighted by Crippen LogP contribution is -2.20. The van der Waals surface area contributed by atoms with Gasteiger partial charge in [0.25, 0.3) is 0 Å². The van der Waals surface area contributed by atoms with Gasteiger partial charge < -0.3 is 5.32 Å². The lowest BCUT2D eigenvalue weighted by Gasteiger charge is -2.21. The second kappa shape index (κ2) is 6.04. The molecule has 0 radical (unpaired) electrons. The highest BCUT2D eigenvalue weighted by Crippen LogP contribution is 2.25. The van der Waals surface area contributed by atoms with E-state index in [1.165, 1.54) is 44.2 Å². The molecule has 0 bridgehead atoms. The van der Waals surface area contributed by atoms with Crippen molar-refractivity contribution in [2.45, 2.75) is 45.1 Å². The molecule has 1 aromatic rings. The molecular formula is C13H23N3. The highest BCUT2D eigenvalue weighted by atomic mass is 15.3. The Hall–Kier alpha value is -0.830. The first-order valence-corrected chi connectivity index (χ1v) is 6.54. The lowest BCUT2D eigenvalue weighted by atomic mass is 9.87. The standard InChI is InChI=1S/C13H23N3/c1-16-13(8-10-15-16)11-14-9-7-12-5-3-2-4-6-12/h8,10,12,14H,2-7,9,11H2,1H3. The predicted molar refractivity (Wildman–Crippen MR) is 66.1 cm³/mol. The minimum Gasteiger partial charge on any atom is -0.311 e. The Morgan fingerprint density at radius 1 is 1.38 bits per heavy atom. The molecule has 16 heavy (non-hydrogen) atoms. The zero-order valence-corrected chi connectivity index (χ0v) is 10.3. The van der Waals surface area contributed by atoms with E-state index in [-0.39, 0.29) is 0 Å². The summed E-state index contributed by atoms with van der Waals surface area (Å²) in [5, 5.41) is 7.68. The van der Waals surface area contributed by atoms with Crippen LogP contribution in [-0.4, -0.2) is 16.3 Å². The molecule has 2 rings (SSSR count). The van der Waals surface area contributed by atoms with E-state index in [2.05, 4.69) is 16.5 Å². The zero-order chi connectivity index (χ0) is 11.2. The van der Waals surface area contributed by atoms with Crippen LogP contribution in [0.5, 0.6) is 0 Å². The molecule has 3 nitrogen and oxygen atoms in total. The fourth-order valence-corrected chi connectivity index (χ4v) is 2.57. The minimum atomic E-state index is 0.948. The number of nitrogens with zero attached hydrogens (tertiary/aromatic N) is 2. The van der Waals surface area contributed by atoms with Gasteiger partial charge in [-0.15, -0.1) is 0 Å². The summed E-state index contributed by atoms with van der Waals surface area (Å²) < 4.78 is 1.94. The quantitative estimate of drug-likeness (QED) is 0.774. The third-order valence-electron chi connectivity index (χ3n) is 3.68. The van der Waals surface area contributed by atoms with Gasteiger partial charge >= 0.3 is 0 Å². The third-order valence-corrected chi connectivity index (χ3v) is 3.68. The van der Waals surface area contributed by atoms with Crippen LogP contribution in [0, 0.1) is 5.92 Å². The summed E-state index contributed by atoms with van der Waals surface area (Å²) in [5.74, 6) is 0.979. The van der Waals surface area contributed by atoms with Gasteiger partial charge in [-0.05, 0) is 24.9 Å². The molecule has 0 aliphatic heterocycles. The van der Waals surface area contributed by atoms with Crippen LogP contribution in [0.25, 0.3) is 0 Å². The Morgan fingerprint density at radius 2 is 2.19 bits per heavy atom. The average Bonchev–Trinajstić information content (AvgIpc) is 2.72. The van der Waals surface area contributed by atoms with E-state index in [1.807, 2.05) is 17.9 Å². The van der Waals surface area contributed by atoms with Crippen LogP contribution in [0.1, 0.15) is 44.2 Å². The van der Waals surface area contributed by atoms with E-state index in [0.717, 1.165) is 19.0 Å². The second-order valence-electron chi connectivity index (χ2n) is 4.92. The summed E-state index contributed by atoms with van der Waals surface area (Å²) >= 11 is 0. The summed E-state index contributed by atoms with van der Waals surface area (Å²) in [4.78, 5) is 0. The first kappa shape index (κ1) is 11.6. The maximum absolute atomic E-state index is 4.16. The van der Waals surface area contributed by atoms with Crippen molar-refractivity contribution < 1.29 is 0 Å². The molecule has 0 saturated heterocycles. The van der Waals surface area contributed by atoms with Gasteiger partial charge in [-0.3, -0.25) is 4.68 Å². The molecule has 0 atom stereocenters. The van der Waals surface area contributed by atoms with Crippen LogP contribution in [0.3, 0.4) is 0 Å². The predicted octanol–water partition coefficient (Wildman–Crippen LogP) is 2.48. The summed E-state index contributed by atoms with van der Waals surface area (Å²) in [6.45, 7) is 2.10. The number of aromatic nitrogens is 2. The summed E-state index contributed by atoms with van der Waals surface area (Å²) in [5.41, 5.74) is 1.27. The average molecular weight is 221 g/mol. The van der Waals surface area contributed by atoms with Crippen molar-refractivity contribution in [2.75, 3.05) is 6.54 Å². The monoisotopic (exact) mass is 221 g/mol. The molecule has 3 heteroatoms. The van der Waals surface area contributed by atoms with Crippen molar-refractivity contribution in [3.63, 3.8) is 0 Å². The number of hydrogen-bond donors (Lipinski definition) is 1. The zero-order valence-electron chi connectivity index (χ0n) is 10.3. The minimum absolute atomic E-state index is 0.948. The van der Waals surface area contributed by atoms with Gasteiger partial charge in [0.15, 0.2) is 0 Å². The van der Waals surface area contributed by atoms with Crippen LogP contribution in [0.15, 0.2) is 12.3 Å². The van der Waals surface area contributed by atoms with Crippen molar-refractivity contribution in [3.05, 3.63) is 18.0 Å². The molecule has 90 valence electrons. The van der Waals surface area contributed by atoms with E-state index in [1.54, 1.807) is 0 Å². The summed E-state index contributed by atoms with van der Waals surface area (Å²) in [7, 11) is 2.00. The molecule has 1 fully saturated rings. The Kier molecular flexibility index (Phi) is 4.40. The van der Waals surface area contributed by atoms with E-state index in [4.69, 9.17) is 0 Å². The topological polar surface area (TPSA) is 29.9 Å². The molecule has 0 amide bonds. The van der Waals surface area contributed by atoms with Gasteiger partial charge in [-0.1, -0.05) is 32.1 Å². The second-order valence-corrected chi connectivity index (χ2v) is 4.92. The Bertz CT molecular complexity index is 300. The van der Waals surface area contributed by atoms with Gasteiger partial charge in [0.1, 0.15) is 0 Å². The smallest absolute Gasteiger partial charge is 0.0518 e. The van der Waals surface area contributed by atoms with Gasteiger partial charge in [0, 0.05) is 19.8 Å². The fourth-order valence-electron chi connectivity index (χ4n) is 2.57. The highest BCUT2D eigenvalue weighted by Gasteiger charge is 2.12.